The smallest absolute Gasteiger partial charge is 0.221 e. The van der Waals surface area contributed by atoms with Gasteiger partial charge in [0.2, 0.25) is 5.91 Å². The lowest BCUT2D eigenvalue weighted by molar-refractivity contribution is -0.122. The highest BCUT2D eigenvalue weighted by atomic mass is 16.5. The molecule has 17 heavy (non-hydrogen) atoms. The number of rotatable bonds is 7. The molecule has 0 rings (SSSR count). The fraction of sp³-hybridized carbons (Fsp3) is 0.917. The number of amides is 1. The second kappa shape index (κ2) is 7.63. The Bertz CT molecular complexity index is 226. The van der Waals surface area contributed by atoms with Crippen molar-refractivity contribution in [3.05, 3.63) is 0 Å². The highest BCUT2D eigenvalue weighted by molar-refractivity contribution is 5.76. The molecule has 0 aromatic rings. The molecular formula is C12H26N2O3. The minimum Gasteiger partial charge on any atom is -0.389 e. The van der Waals surface area contributed by atoms with Gasteiger partial charge in [0.05, 0.1) is 12.7 Å². The molecule has 0 aromatic heterocycles. The van der Waals surface area contributed by atoms with Crippen molar-refractivity contribution < 1.29 is 14.6 Å². The fourth-order valence-electron chi connectivity index (χ4n) is 1.65. The Labute approximate surface area is 104 Å². The molecule has 1 amide bonds. The Morgan fingerprint density at radius 3 is 2.53 bits per heavy atom. The zero-order valence-corrected chi connectivity index (χ0v) is 11.3. The van der Waals surface area contributed by atoms with E-state index in [4.69, 9.17) is 10.5 Å². The lowest BCUT2D eigenvalue weighted by Crippen LogP contribution is -2.38. The zero-order chi connectivity index (χ0) is 13.5. The van der Waals surface area contributed by atoms with E-state index >= 15 is 0 Å². The van der Waals surface area contributed by atoms with Gasteiger partial charge in [-0.3, -0.25) is 4.79 Å². The van der Waals surface area contributed by atoms with E-state index in [0.717, 1.165) is 6.42 Å². The molecule has 2 atom stereocenters. The number of nitrogens with one attached hydrogen (secondary N) is 1. The zero-order valence-electron chi connectivity index (χ0n) is 11.3. The largest absolute Gasteiger partial charge is 0.389 e. The van der Waals surface area contributed by atoms with Crippen LogP contribution in [-0.4, -0.2) is 43.4 Å². The van der Waals surface area contributed by atoms with Crippen molar-refractivity contribution in [2.75, 3.05) is 20.3 Å². The van der Waals surface area contributed by atoms with Crippen molar-refractivity contribution in [2.24, 2.45) is 11.1 Å². The van der Waals surface area contributed by atoms with Gasteiger partial charge in [0.15, 0.2) is 0 Å². The first kappa shape index (κ1) is 16.4. The summed E-state index contributed by atoms with van der Waals surface area (Å²) in [6.45, 7) is 6.69. The summed E-state index contributed by atoms with van der Waals surface area (Å²) in [5.41, 5.74) is 6.00. The molecule has 0 fully saturated rings. The number of carbonyl (C=O) groups excluding carboxylic acids is 1. The Hall–Kier alpha value is -0.650. The van der Waals surface area contributed by atoms with Crippen LogP contribution in [0.25, 0.3) is 0 Å². The maximum absolute atomic E-state index is 11.5. The van der Waals surface area contributed by atoms with E-state index in [9.17, 15) is 9.90 Å². The second-order valence-electron chi connectivity index (χ2n) is 5.64. The van der Waals surface area contributed by atoms with Crippen LogP contribution in [0.15, 0.2) is 0 Å². The van der Waals surface area contributed by atoms with Crippen molar-refractivity contribution in [3.8, 4) is 0 Å². The van der Waals surface area contributed by atoms with Crippen molar-refractivity contribution in [3.63, 3.8) is 0 Å². The minimum absolute atomic E-state index is 0.120. The average molecular weight is 246 g/mol. The molecule has 0 aromatic carbocycles. The van der Waals surface area contributed by atoms with E-state index in [1.165, 1.54) is 7.11 Å². The van der Waals surface area contributed by atoms with Crippen LogP contribution >= 0.6 is 0 Å². The summed E-state index contributed by atoms with van der Waals surface area (Å²) in [5.74, 6) is -0.128. The Kier molecular flexibility index (Phi) is 7.34. The fourth-order valence-corrected chi connectivity index (χ4v) is 1.65. The summed E-state index contributed by atoms with van der Waals surface area (Å²) >= 11 is 0. The number of ether oxygens (including phenoxy) is 1. The van der Waals surface area contributed by atoms with Crippen LogP contribution in [0.5, 0.6) is 0 Å². The lowest BCUT2D eigenvalue weighted by atomic mass is 9.87. The quantitative estimate of drug-likeness (QED) is 0.602. The maximum Gasteiger partial charge on any atom is 0.221 e. The third-order valence-corrected chi connectivity index (χ3v) is 2.22. The summed E-state index contributed by atoms with van der Waals surface area (Å²) < 4.78 is 4.76. The van der Waals surface area contributed by atoms with Gasteiger partial charge in [-0.05, 0) is 11.8 Å². The summed E-state index contributed by atoms with van der Waals surface area (Å²) in [7, 11) is 1.50. The summed E-state index contributed by atoms with van der Waals surface area (Å²) in [6.07, 6.45) is 0.417. The number of nitrogens with two attached hydrogens (primary N) is 1. The Balaban J connectivity index is 3.78. The third kappa shape index (κ3) is 10.2. The van der Waals surface area contributed by atoms with Gasteiger partial charge < -0.3 is 20.9 Å². The SMILES string of the molecule is COCC(O)CNC(=O)CC(N)CC(C)(C)C. The summed E-state index contributed by atoms with van der Waals surface area (Å²) in [6, 6.07) is -0.144. The molecule has 0 spiro atoms. The molecule has 5 nitrogen and oxygen atoms in total. The summed E-state index contributed by atoms with van der Waals surface area (Å²) in [5, 5.41) is 12.0. The van der Waals surface area contributed by atoms with Gasteiger partial charge in [-0.25, -0.2) is 0 Å². The normalized spacial score (nSPS) is 15.4. The van der Waals surface area contributed by atoms with Crippen LogP contribution in [0, 0.1) is 5.41 Å². The summed E-state index contributed by atoms with van der Waals surface area (Å²) in [4.78, 5) is 11.5. The molecule has 2 unspecified atom stereocenters. The van der Waals surface area contributed by atoms with Crippen molar-refractivity contribution in [2.45, 2.75) is 45.8 Å². The molecule has 4 N–H and O–H groups in total. The Morgan fingerprint density at radius 2 is 2.06 bits per heavy atom. The molecule has 0 aliphatic carbocycles. The highest BCUT2D eigenvalue weighted by Gasteiger charge is 2.18. The number of carbonyl (C=O) groups is 1. The average Bonchev–Trinajstić information content (AvgIpc) is 2.12. The second-order valence-corrected chi connectivity index (χ2v) is 5.64. The van der Waals surface area contributed by atoms with E-state index in [2.05, 4.69) is 26.1 Å². The van der Waals surface area contributed by atoms with Crippen molar-refractivity contribution in [1.82, 2.24) is 5.32 Å². The monoisotopic (exact) mass is 246 g/mol. The van der Waals surface area contributed by atoms with Crippen molar-refractivity contribution in [1.29, 1.82) is 0 Å². The van der Waals surface area contributed by atoms with Gasteiger partial charge in [-0.2, -0.15) is 0 Å². The minimum atomic E-state index is -0.664. The molecule has 0 aliphatic heterocycles. The van der Waals surface area contributed by atoms with Crippen LogP contribution in [0.4, 0.5) is 0 Å². The molecule has 0 bridgehead atoms. The topological polar surface area (TPSA) is 84.6 Å². The van der Waals surface area contributed by atoms with Gasteiger partial charge in [0.1, 0.15) is 0 Å². The number of hydrogen-bond acceptors (Lipinski definition) is 4. The lowest BCUT2D eigenvalue weighted by Gasteiger charge is -2.22. The van der Waals surface area contributed by atoms with E-state index in [1.54, 1.807) is 0 Å². The van der Waals surface area contributed by atoms with E-state index < -0.39 is 6.10 Å². The number of aliphatic hydroxyl groups is 1. The number of methoxy groups -OCH3 is 1. The molecule has 0 saturated carbocycles. The third-order valence-electron chi connectivity index (χ3n) is 2.22. The van der Waals surface area contributed by atoms with E-state index in [0.29, 0.717) is 0 Å². The van der Waals surface area contributed by atoms with Crippen LogP contribution in [0.1, 0.15) is 33.6 Å². The van der Waals surface area contributed by atoms with Crippen LogP contribution in [-0.2, 0) is 9.53 Å². The molecule has 5 heteroatoms. The van der Waals surface area contributed by atoms with E-state index in [1.807, 2.05) is 0 Å². The molecule has 0 aliphatic rings. The van der Waals surface area contributed by atoms with Gasteiger partial charge in [0.25, 0.3) is 0 Å². The number of aliphatic hydroxyl groups excluding tert-OH is 1. The van der Waals surface area contributed by atoms with E-state index in [-0.39, 0.29) is 36.9 Å². The maximum atomic E-state index is 11.5. The first-order valence-corrected chi connectivity index (χ1v) is 5.94. The molecule has 0 heterocycles. The van der Waals surface area contributed by atoms with Crippen molar-refractivity contribution >= 4 is 5.91 Å². The van der Waals surface area contributed by atoms with Crippen LogP contribution in [0.2, 0.25) is 0 Å². The predicted octanol–water partition coefficient (Wildman–Crippen LogP) is 0.264. The highest BCUT2D eigenvalue weighted by Crippen LogP contribution is 2.20. The predicted molar refractivity (Wildman–Crippen MR) is 67.6 cm³/mol. The molecule has 102 valence electrons. The van der Waals surface area contributed by atoms with Gasteiger partial charge >= 0.3 is 0 Å². The first-order chi connectivity index (χ1) is 7.74. The van der Waals surface area contributed by atoms with Gasteiger partial charge in [-0.1, -0.05) is 20.8 Å². The number of hydrogen-bond donors (Lipinski definition) is 3. The van der Waals surface area contributed by atoms with Gasteiger partial charge in [-0.15, -0.1) is 0 Å². The standard InChI is InChI=1S/C12H26N2O3/c1-12(2,3)6-9(13)5-11(16)14-7-10(15)8-17-4/h9-10,15H,5-8,13H2,1-4H3,(H,14,16). The molecule has 0 saturated heterocycles. The molecule has 0 radical (unpaired) electrons. The van der Waals surface area contributed by atoms with Crippen LogP contribution in [0.3, 0.4) is 0 Å². The first-order valence-electron chi connectivity index (χ1n) is 5.94. The molecular weight excluding hydrogens is 220 g/mol. The Morgan fingerprint density at radius 1 is 1.47 bits per heavy atom. The van der Waals surface area contributed by atoms with Gasteiger partial charge in [0, 0.05) is 26.1 Å². The van der Waals surface area contributed by atoms with Crippen LogP contribution < -0.4 is 11.1 Å².